The number of aromatic amines is 1. The van der Waals surface area contributed by atoms with Crippen LogP contribution in [0.4, 0.5) is 5.69 Å². The third-order valence-corrected chi connectivity index (χ3v) is 1.80. The van der Waals surface area contributed by atoms with Gasteiger partial charge in [0.15, 0.2) is 0 Å². The van der Waals surface area contributed by atoms with Crippen LogP contribution >= 0.6 is 0 Å². The highest BCUT2D eigenvalue weighted by atomic mass is 16.2. The lowest BCUT2D eigenvalue weighted by molar-refractivity contribution is 0.101. The number of pyridine rings is 1. The summed E-state index contributed by atoms with van der Waals surface area (Å²) >= 11 is 0. The molecule has 0 aromatic carbocycles. The summed E-state index contributed by atoms with van der Waals surface area (Å²) in [5.41, 5.74) is 1.52. The van der Waals surface area contributed by atoms with Gasteiger partial charge in [0.25, 0.3) is 5.91 Å². The van der Waals surface area contributed by atoms with E-state index < -0.39 is 0 Å². The van der Waals surface area contributed by atoms with Crippen molar-refractivity contribution in [2.45, 2.75) is 6.92 Å². The molecule has 0 aliphatic rings. The molecule has 2 aromatic heterocycles. The van der Waals surface area contributed by atoms with E-state index in [2.05, 4.69) is 25.5 Å². The highest BCUT2D eigenvalue weighted by Gasteiger charge is 2.08. The van der Waals surface area contributed by atoms with E-state index in [4.69, 9.17) is 0 Å². The van der Waals surface area contributed by atoms with Crippen molar-refractivity contribution in [3.05, 3.63) is 36.2 Å². The van der Waals surface area contributed by atoms with Gasteiger partial charge in [-0.3, -0.25) is 14.9 Å². The Morgan fingerprint density at radius 1 is 1.40 bits per heavy atom. The maximum atomic E-state index is 11.5. The van der Waals surface area contributed by atoms with Gasteiger partial charge in [-0.1, -0.05) is 0 Å². The molecule has 6 heteroatoms. The Morgan fingerprint density at radius 3 is 2.87 bits per heavy atom. The second-order valence-electron chi connectivity index (χ2n) is 2.98. The summed E-state index contributed by atoms with van der Waals surface area (Å²) in [6, 6.07) is 3.59. The Morgan fingerprint density at radius 2 is 2.27 bits per heavy atom. The summed E-state index contributed by atoms with van der Waals surface area (Å²) in [6.07, 6.45) is 2.87. The maximum absolute atomic E-state index is 11.5. The summed E-state index contributed by atoms with van der Waals surface area (Å²) < 4.78 is 0. The average molecular weight is 203 g/mol. The number of nitrogens with zero attached hydrogens (tertiary/aromatic N) is 3. The molecule has 15 heavy (non-hydrogen) atoms. The van der Waals surface area contributed by atoms with Crippen molar-refractivity contribution < 1.29 is 4.79 Å². The number of rotatable bonds is 2. The van der Waals surface area contributed by atoms with Crippen LogP contribution in [-0.2, 0) is 0 Å². The molecule has 6 nitrogen and oxygen atoms in total. The Kier molecular flexibility index (Phi) is 2.40. The number of carbonyl (C=O) groups is 1. The van der Waals surface area contributed by atoms with Crippen LogP contribution < -0.4 is 5.32 Å². The van der Waals surface area contributed by atoms with E-state index in [1.807, 2.05) is 13.0 Å². The molecular weight excluding hydrogens is 194 g/mol. The number of amides is 1. The largest absolute Gasteiger partial charge is 0.318 e. The fourth-order valence-electron chi connectivity index (χ4n) is 1.05. The Labute approximate surface area is 85.8 Å². The van der Waals surface area contributed by atoms with Gasteiger partial charge in [-0.2, -0.15) is 5.10 Å². The quantitative estimate of drug-likeness (QED) is 0.754. The Hall–Kier alpha value is -2.24. The molecule has 0 atom stereocenters. The van der Waals surface area contributed by atoms with Gasteiger partial charge < -0.3 is 5.32 Å². The van der Waals surface area contributed by atoms with Crippen LogP contribution in [0.2, 0.25) is 0 Å². The first-order valence-electron chi connectivity index (χ1n) is 4.35. The smallest absolute Gasteiger partial charge is 0.293 e. The van der Waals surface area contributed by atoms with Crippen molar-refractivity contribution in [1.29, 1.82) is 0 Å². The molecular formula is C9H9N5O. The minimum Gasteiger partial charge on any atom is -0.318 e. The van der Waals surface area contributed by atoms with Gasteiger partial charge in [0.05, 0.1) is 11.9 Å². The molecule has 76 valence electrons. The zero-order valence-corrected chi connectivity index (χ0v) is 8.06. The molecule has 0 spiro atoms. The van der Waals surface area contributed by atoms with Crippen molar-refractivity contribution in [2.24, 2.45) is 0 Å². The number of aromatic nitrogens is 4. The van der Waals surface area contributed by atoms with Crippen molar-refractivity contribution in [1.82, 2.24) is 20.2 Å². The third kappa shape index (κ3) is 2.16. The number of aryl methyl sites for hydroxylation is 1. The highest BCUT2D eigenvalue weighted by Crippen LogP contribution is 2.06. The fraction of sp³-hybridized carbons (Fsp3) is 0.111. The molecule has 1 amide bonds. The lowest BCUT2D eigenvalue weighted by Gasteiger charge is -2.01. The molecule has 0 aliphatic carbocycles. The first-order valence-corrected chi connectivity index (χ1v) is 4.35. The predicted molar refractivity (Wildman–Crippen MR) is 53.3 cm³/mol. The number of H-pyrrole nitrogens is 1. The SMILES string of the molecule is Cc1ccc(NC(=O)c2ncn[nH]2)cn1. The minimum atomic E-state index is -0.335. The molecule has 0 fully saturated rings. The van der Waals surface area contributed by atoms with Gasteiger partial charge >= 0.3 is 0 Å². The van der Waals surface area contributed by atoms with E-state index in [0.717, 1.165) is 5.69 Å². The van der Waals surface area contributed by atoms with Gasteiger partial charge in [-0.25, -0.2) is 4.98 Å². The Bertz CT molecular complexity index is 448. The summed E-state index contributed by atoms with van der Waals surface area (Å²) in [5.74, 6) is -0.159. The summed E-state index contributed by atoms with van der Waals surface area (Å²) in [7, 11) is 0. The molecule has 0 saturated carbocycles. The molecule has 2 rings (SSSR count). The summed E-state index contributed by atoms with van der Waals surface area (Å²) in [4.78, 5) is 19.3. The number of nitrogens with one attached hydrogen (secondary N) is 2. The molecule has 2 aromatic rings. The van der Waals surface area contributed by atoms with Crippen LogP contribution in [0.15, 0.2) is 24.7 Å². The topological polar surface area (TPSA) is 83.6 Å². The summed E-state index contributed by atoms with van der Waals surface area (Å²) in [5, 5.41) is 8.70. The Balaban J connectivity index is 2.09. The molecule has 0 unspecified atom stereocenters. The molecule has 0 bridgehead atoms. The number of anilines is 1. The van der Waals surface area contributed by atoms with Crippen molar-refractivity contribution >= 4 is 11.6 Å². The fourth-order valence-corrected chi connectivity index (χ4v) is 1.05. The number of carbonyl (C=O) groups excluding carboxylic acids is 1. The zero-order valence-electron chi connectivity index (χ0n) is 8.06. The van der Waals surface area contributed by atoms with Gasteiger partial charge in [0, 0.05) is 5.69 Å². The molecule has 0 radical (unpaired) electrons. The van der Waals surface area contributed by atoms with Crippen LogP contribution in [0.25, 0.3) is 0 Å². The first kappa shape index (κ1) is 9.32. The van der Waals surface area contributed by atoms with Crippen molar-refractivity contribution in [2.75, 3.05) is 5.32 Å². The van der Waals surface area contributed by atoms with Crippen LogP contribution in [0.5, 0.6) is 0 Å². The van der Waals surface area contributed by atoms with Gasteiger partial charge in [-0.15, -0.1) is 0 Å². The van der Waals surface area contributed by atoms with E-state index in [1.165, 1.54) is 6.33 Å². The lowest BCUT2D eigenvalue weighted by Crippen LogP contribution is -2.13. The third-order valence-electron chi connectivity index (χ3n) is 1.80. The predicted octanol–water partition coefficient (Wildman–Crippen LogP) is 0.760. The maximum Gasteiger partial charge on any atom is 0.293 e. The average Bonchev–Trinajstić information content (AvgIpc) is 2.74. The van der Waals surface area contributed by atoms with Crippen LogP contribution in [0.3, 0.4) is 0 Å². The zero-order chi connectivity index (χ0) is 10.7. The molecule has 2 N–H and O–H groups in total. The molecule has 0 aliphatic heterocycles. The van der Waals surface area contributed by atoms with Crippen molar-refractivity contribution in [3.63, 3.8) is 0 Å². The van der Waals surface area contributed by atoms with E-state index in [-0.39, 0.29) is 11.7 Å². The minimum absolute atomic E-state index is 0.176. The van der Waals surface area contributed by atoms with Crippen molar-refractivity contribution in [3.8, 4) is 0 Å². The van der Waals surface area contributed by atoms with E-state index in [9.17, 15) is 4.79 Å². The van der Waals surface area contributed by atoms with Crippen LogP contribution in [0, 0.1) is 6.92 Å². The van der Waals surface area contributed by atoms with E-state index >= 15 is 0 Å². The van der Waals surface area contributed by atoms with Gasteiger partial charge in [0.2, 0.25) is 5.82 Å². The second-order valence-corrected chi connectivity index (χ2v) is 2.98. The number of hydrogen-bond acceptors (Lipinski definition) is 4. The molecule has 0 saturated heterocycles. The van der Waals surface area contributed by atoms with Crippen LogP contribution in [0.1, 0.15) is 16.3 Å². The first-order chi connectivity index (χ1) is 7.25. The van der Waals surface area contributed by atoms with Crippen LogP contribution in [-0.4, -0.2) is 26.1 Å². The number of hydrogen-bond donors (Lipinski definition) is 2. The van der Waals surface area contributed by atoms with E-state index in [0.29, 0.717) is 5.69 Å². The normalized spacial score (nSPS) is 9.93. The monoisotopic (exact) mass is 203 g/mol. The lowest BCUT2D eigenvalue weighted by atomic mass is 10.3. The second kappa shape index (κ2) is 3.87. The molecule has 2 heterocycles. The summed E-state index contributed by atoms with van der Waals surface area (Å²) in [6.45, 7) is 1.88. The van der Waals surface area contributed by atoms with Gasteiger partial charge in [-0.05, 0) is 19.1 Å². The highest BCUT2D eigenvalue weighted by molar-refractivity contribution is 6.01. The van der Waals surface area contributed by atoms with E-state index in [1.54, 1.807) is 12.3 Å². The van der Waals surface area contributed by atoms with Gasteiger partial charge in [0.1, 0.15) is 6.33 Å². The standard InChI is InChI=1S/C9H9N5O/c1-6-2-3-7(4-10-6)13-9(15)8-11-5-12-14-8/h2-5H,1H3,(H,13,15)(H,11,12,14).